The van der Waals surface area contributed by atoms with E-state index >= 15 is 0 Å². The maximum absolute atomic E-state index is 11.9. The standard InChI is InChI=1S/C15H29N3O4S.ClH/c19-15(5-4-13-6-7-16-11-13)17-8-10-23(20,21)18-12-14-3-1-2-9-22-14;/h13-14,16,18H,1-12H2,(H,17,19);1H. The lowest BCUT2D eigenvalue weighted by molar-refractivity contribution is -0.121. The summed E-state index contributed by atoms with van der Waals surface area (Å²) in [5.41, 5.74) is 0. The number of halogens is 1. The predicted molar refractivity (Wildman–Crippen MR) is 95.8 cm³/mol. The van der Waals surface area contributed by atoms with E-state index in [1.54, 1.807) is 0 Å². The van der Waals surface area contributed by atoms with Crippen molar-refractivity contribution in [3.8, 4) is 0 Å². The van der Waals surface area contributed by atoms with Crippen molar-refractivity contribution in [3.05, 3.63) is 0 Å². The summed E-state index contributed by atoms with van der Waals surface area (Å²) in [4.78, 5) is 11.7. The first-order valence-corrected chi connectivity index (χ1v) is 10.3. The third-order valence-corrected chi connectivity index (χ3v) is 5.79. The van der Waals surface area contributed by atoms with Crippen LogP contribution in [-0.2, 0) is 19.6 Å². The number of rotatable bonds is 9. The molecule has 2 aliphatic heterocycles. The van der Waals surface area contributed by atoms with E-state index in [4.69, 9.17) is 4.74 Å². The highest BCUT2D eigenvalue weighted by Crippen LogP contribution is 2.14. The maximum atomic E-state index is 11.9. The molecule has 2 saturated heterocycles. The van der Waals surface area contributed by atoms with Gasteiger partial charge >= 0.3 is 0 Å². The molecule has 1 amide bonds. The smallest absolute Gasteiger partial charge is 0.220 e. The molecule has 0 aromatic heterocycles. The third-order valence-electron chi connectivity index (χ3n) is 4.44. The van der Waals surface area contributed by atoms with E-state index in [0.29, 0.717) is 25.5 Å². The minimum Gasteiger partial charge on any atom is -0.377 e. The molecule has 142 valence electrons. The summed E-state index contributed by atoms with van der Waals surface area (Å²) in [6, 6.07) is 0. The van der Waals surface area contributed by atoms with Crippen molar-refractivity contribution < 1.29 is 17.9 Å². The van der Waals surface area contributed by atoms with Crippen molar-refractivity contribution in [3.63, 3.8) is 0 Å². The minimum atomic E-state index is -3.36. The second kappa shape index (κ2) is 11.3. The molecule has 2 rings (SSSR count). The molecule has 2 heterocycles. The Morgan fingerprint density at radius 1 is 1.25 bits per heavy atom. The lowest BCUT2D eigenvalue weighted by Gasteiger charge is -2.22. The Morgan fingerprint density at radius 2 is 2.08 bits per heavy atom. The zero-order valence-electron chi connectivity index (χ0n) is 14.1. The average Bonchev–Trinajstić information content (AvgIpc) is 3.05. The van der Waals surface area contributed by atoms with Gasteiger partial charge in [0.15, 0.2) is 0 Å². The number of sulfonamides is 1. The fourth-order valence-electron chi connectivity index (χ4n) is 2.97. The molecule has 2 aliphatic rings. The molecule has 0 saturated carbocycles. The van der Waals surface area contributed by atoms with Gasteiger partial charge in [0.05, 0.1) is 11.9 Å². The van der Waals surface area contributed by atoms with Crippen LogP contribution in [0.3, 0.4) is 0 Å². The van der Waals surface area contributed by atoms with Gasteiger partial charge in [-0.3, -0.25) is 4.79 Å². The highest BCUT2D eigenvalue weighted by molar-refractivity contribution is 7.89. The number of carbonyl (C=O) groups is 1. The summed E-state index contributed by atoms with van der Waals surface area (Å²) in [6.07, 6.45) is 5.46. The first kappa shape index (κ1) is 21.6. The topological polar surface area (TPSA) is 96.5 Å². The Labute approximate surface area is 151 Å². The first-order valence-electron chi connectivity index (χ1n) is 8.61. The molecule has 24 heavy (non-hydrogen) atoms. The van der Waals surface area contributed by atoms with Crippen molar-refractivity contribution in [2.45, 2.75) is 44.6 Å². The number of ether oxygens (including phenoxy) is 1. The first-order chi connectivity index (χ1) is 11.1. The zero-order valence-corrected chi connectivity index (χ0v) is 15.7. The molecular formula is C15H30ClN3O4S. The second-order valence-electron chi connectivity index (χ2n) is 6.40. The van der Waals surface area contributed by atoms with Crippen molar-refractivity contribution >= 4 is 28.3 Å². The number of amides is 1. The van der Waals surface area contributed by atoms with Gasteiger partial charge < -0.3 is 15.4 Å². The van der Waals surface area contributed by atoms with Crippen LogP contribution in [-0.4, -0.2) is 59.0 Å². The molecule has 2 unspecified atom stereocenters. The monoisotopic (exact) mass is 383 g/mol. The van der Waals surface area contributed by atoms with Gasteiger partial charge in [-0.25, -0.2) is 13.1 Å². The van der Waals surface area contributed by atoms with Gasteiger partial charge in [0.2, 0.25) is 15.9 Å². The molecule has 9 heteroatoms. The Balaban J connectivity index is 0.00000288. The van der Waals surface area contributed by atoms with Crippen LogP contribution in [0.25, 0.3) is 0 Å². The molecule has 0 aliphatic carbocycles. The van der Waals surface area contributed by atoms with Gasteiger partial charge in [0, 0.05) is 26.1 Å². The number of hydrogen-bond acceptors (Lipinski definition) is 5. The second-order valence-corrected chi connectivity index (χ2v) is 8.33. The van der Waals surface area contributed by atoms with Crippen LogP contribution in [0.4, 0.5) is 0 Å². The summed E-state index contributed by atoms with van der Waals surface area (Å²) in [5, 5.41) is 5.96. The summed E-state index contributed by atoms with van der Waals surface area (Å²) < 4.78 is 31.9. The van der Waals surface area contributed by atoms with Crippen LogP contribution in [0, 0.1) is 5.92 Å². The highest BCUT2D eigenvalue weighted by Gasteiger charge is 2.18. The maximum Gasteiger partial charge on any atom is 0.220 e. The van der Waals surface area contributed by atoms with E-state index < -0.39 is 10.0 Å². The molecule has 0 aromatic carbocycles. The normalized spacial score (nSPS) is 24.3. The molecule has 2 atom stereocenters. The van der Waals surface area contributed by atoms with Gasteiger partial charge in [-0.05, 0) is 51.1 Å². The van der Waals surface area contributed by atoms with Crippen molar-refractivity contribution in [2.75, 3.05) is 38.5 Å². The van der Waals surface area contributed by atoms with Gasteiger partial charge in [0.25, 0.3) is 0 Å². The van der Waals surface area contributed by atoms with E-state index in [0.717, 1.165) is 45.2 Å². The number of carbonyl (C=O) groups excluding carboxylic acids is 1. The van der Waals surface area contributed by atoms with Crippen molar-refractivity contribution in [2.24, 2.45) is 5.92 Å². The van der Waals surface area contributed by atoms with Crippen molar-refractivity contribution in [1.29, 1.82) is 0 Å². The van der Waals surface area contributed by atoms with Gasteiger partial charge in [0.1, 0.15) is 0 Å². The molecular weight excluding hydrogens is 354 g/mol. The number of nitrogens with one attached hydrogen (secondary N) is 3. The van der Waals surface area contributed by atoms with Crippen LogP contribution < -0.4 is 15.4 Å². The zero-order chi connectivity index (χ0) is 16.5. The van der Waals surface area contributed by atoms with Crippen LogP contribution in [0.5, 0.6) is 0 Å². The van der Waals surface area contributed by atoms with E-state index in [1.807, 2.05) is 0 Å². The fraction of sp³-hybridized carbons (Fsp3) is 0.933. The van der Waals surface area contributed by atoms with E-state index in [1.165, 1.54) is 0 Å². The lowest BCUT2D eigenvalue weighted by Crippen LogP contribution is -2.39. The molecule has 0 spiro atoms. The molecule has 2 fully saturated rings. The van der Waals surface area contributed by atoms with Crippen LogP contribution in [0.1, 0.15) is 38.5 Å². The molecule has 3 N–H and O–H groups in total. The Kier molecular flexibility index (Phi) is 10.1. The minimum absolute atomic E-state index is 0. The summed E-state index contributed by atoms with van der Waals surface area (Å²) >= 11 is 0. The molecule has 0 radical (unpaired) electrons. The largest absolute Gasteiger partial charge is 0.377 e. The summed E-state index contributed by atoms with van der Waals surface area (Å²) in [6.45, 7) is 3.20. The van der Waals surface area contributed by atoms with Gasteiger partial charge in [-0.1, -0.05) is 0 Å². The SMILES string of the molecule is Cl.O=C(CCC1CCNC1)NCCS(=O)(=O)NCC1CCCCO1. The Hall–Kier alpha value is -0.410. The quantitative estimate of drug-likeness (QED) is 0.535. The summed E-state index contributed by atoms with van der Waals surface area (Å²) in [7, 11) is -3.36. The van der Waals surface area contributed by atoms with Crippen LogP contribution >= 0.6 is 12.4 Å². The van der Waals surface area contributed by atoms with Crippen molar-refractivity contribution in [1.82, 2.24) is 15.4 Å². The van der Waals surface area contributed by atoms with E-state index in [2.05, 4.69) is 15.4 Å². The third kappa shape index (κ3) is 8.62. The molecule has 0 bridgehead atoms. The van der Waals surface area contributed by atoms with Gasteiger partial charge in [-0.15, -0.1) is 12.4 Å². The van der Waals surface area contributed by atoms with Gasteiger partial charge in [-0.2, -0.15) is 0 Å². The van der Waals surface area contributed by atoms with Crippen LogP contribution in [0.2, 0.25) is 0 Å². The number of hydrogen-bond donors (Lipinski definition) is 3. The van der Waals surface area contributed by atoms with E-state index in [9.17, 15) is 13.2 Å². The average molecular weight is 384 g/mol. The molecule has 0 aromatic rings. The van der Waals surface area contributed by atoms with E-state index in [-0.39, 0.29) is 36.7 Å². The lowest BCUT2D eigenvalue weighted by atomic mass is 10.0. The fourth-order valence-corrected chi connectivity index (χ4v) is 3.92. The van der Waals surface area contributed by atoms with Crippen LogP contribution in [0.15, 0.2) is 0 Å². The molecule has 7 nitrogen and oxygen atoms in total. The Morgan fingerprint density at radius 3 is 2.75 bits per heavy atom. The Bertz CT molecular complexity index is 463. The predicted octanol–water partition coefficient (Wildman–Crippen LogP) is 0.403. The highest BCUT2D eigenvalue weighted by atomic mass is 35.5. The summed E-state index contributed by atoms with van der Waals surface area (Å²) in [5.74, 6) is 0.417.